The highest BCUT2D eigenvalue weighted by Gasteiger charge is 2.32. The van der Waals surface area contributed by atoms with Gasteiger partial charge in [0.25, 0.3) is 0 Å². The molecular formula is C40H39N3O5. The zero-order valence-electron chi connectivity index (χ0n) is 26.7. The molecule has 0 radical (unpaired) electrons. The zero-order valence-corrected chi connectivity index (χ0v) is 26.7. The van der Waals surface area contributed by atoms with Gasteiger partial charge in [-0.15, -0.1) is 0 Å². The number of carboxylic acid groups (broad SMARTS) is 1. The lowest BCUT2D eigenvalue weighted by Gasteiger charge is -2.36. The van der Waals surface area contributed by atoms with E-state index < -0.39 is 12.2 Å². The minimum absolute atomic E-state index is 0.0764. The fourth-order valence-electron chi connectivity index (χ4n) is 6.50. The van der Waals surface area contributed by atoms with E-state index in [0.29, 0.717) is 36.9 Å². The number of alkyl carbamates (subject to hydrolysis) is 1. The van der Waals surface area contributed by atoms with Gasteiger partial charge in [-0.2, -0.15) is 0 Å². The lowest BCUT2D eigenvalue weighted by Crippen LogP contribution is -2.46. The first-order valence-electron chi connectivity index (χ1n) is 16.4. The molecule has 6 rings (SSSR count). The van der Waals surface area contributed by atoms with E-state index in [1.54, 1.807) is 0 Å². The number of aryl methyl sites for hydroxylation is 1. The fourth-order valence-corrected chi connectivity index (χ4v) is 6.50. The van der Waals surface area contributed by atoms with Gasteiger partial charge >= 0.3 is 12.2 Å². The number of carbonyl (C=O) groups excluding carboxylic acids is 2. The molecule has 8 heteroatoms. The topological polar surface area (TPSA) is 101 Å². The lowest BCUT2D eigenvalue weighted by molar-refractivity contribution is 0.112. The Morgan fingerprint density at radius 1 is 0.875 bits per heavy atom. The Hall–Kier alpha value is -5.63. The number of nitrogens with one attached hydrogen (secondary N) is 1. The summed E-state index contributed by atoms with van der Waals surface area (Å²) in [5, 5.41) is 14.6. The van der Waals surface area contributed by atoms with Gasteiger partial charge in [0, 0.05) is 46.9 Å². The molecule has 0 spiro atoms. The van der Waals surface area contributed by atoms with Crippen LogP contribution in [0, 0.1) is 0 Å². The third-order valence-corrected chi connectivity index (χ3v) is 8.95. The molecule has 0 atom stereocenters. The van der Waals surface area contributed by atoms with Crippen LogP contribution < -0.4 is 10.2 Å². The minimum atomic E-state index is -0.996. The van der Waals surface area contributed by atoms with Crippen molar-refractivity contribution in [2.24, 2.45) is 0 Å². The highest BCUT2D eigenvalue weighted by molar-refractivity contribution is 5.94. The smallest absolute Gasteiger partial charge is 0.412 e. The first-order chi connectivity index (χ1) is 23.5. The van der Waals surface area contributed by atoms with Crippen molar-refractivity contribution < 1.29 is 24.2 Å². The van der Waals surface area contributed by atoms with E-state index in [9.17, 15) is 19.5 Å². The number of hydrogen-bond donors (Lipinski definition) is 2. The second kappa shape index (κ2) is 15.3. The quantitative estimate of drug-likeness (QED) is 0.140. The molecule has 1 saturated carbocycles. The van der Waals surface area contributed by atoms with E-state index in [1.807, 2.05) is 115 Å². The van der Waals surface area contributed by atoms with Gasteiger partial charge in [-0.3, -0.25) is 9.69 Å². The summed E-state index contributed by atoms with van der Waals surface area (Å²) >= 11 is 0. The summed E-state index contributed by atoms with van der Waals surface area (Å²) in [4.78, 5) is 38.0. The highest BCUT2D eigenvalue weighted by Crippen LogP contribution is 2.36. The summed E-state index contributed by atoms with van der Waals surface area (Å²) in [7, 11) is 0. The Morgan fingerprint density at radius 3 is 2.33 bits per heavy atom. The molecule has 0 aliphatic heterocycles. The van der Waals surface area contributed by atoms with Crippen molar-refractivity contribution in [1.29, 1.82) is 0 Å². The molecule has 1 aliphatic rings. The van der Waals surface area contributed by atoms with E-state index in [4.69, 9.17) is 4.74 Å². The average molecular weight is 642 g/mol. The third kappa shape index (κ3) is 7.83. The fraction of sp³-hybridized carbons (Fsp3) is 0.225. The van der Waals surface area contributed by atoms with Crippen molar-refractivity contribution >= 4 is 41.1 Å². The maximum atomic E-state index is 12.9. The number of fused-ring (bicyclic) bond motifs is 1. The molecule has 2 amide bonds. The number of allylic oxidation sites excluding steroid dienone is 1. The van der Waals surface area contributed by atoms with Crippen LogP contribution in [0.1, 0.15) is 53.6 Å². The Kier molecular flexibility index (Phi) is 10.3. The number of anilines is 1. The van der Waals surface area contributed by atoms with Gasteiger partial charge in [-0.1, -0.05) is 84.9 Å². The summed E-state index contributed by atoms with van der Waals surface area (Å²) < 4.78 is 7.57. The molecule has 48 heavy (non-hydrogen) atoms. The maximum Gasteiger partial charge on any atom is 0.412 e. The van der Waals surface area contributed by atoms with Crippen LogP contribution in [-0.4, -0.2) is 40.2 Å². The van der Waals surface area contributed by atoms with Gasteiger partial charge in [0.2, 0.25) is 0 Å². The van der Waals surface area contributed by atoms with Crippen LogP contribution in [0.2, 0.25) is 0 Å². The molecule has 1 aliphatic carbocycles. The van der Waals surface area contributed by atoms with Gasteiger partial charge < -0.3 is 19.7 Å². The number of amides is 2. The van der Waals surface area contributed by atoms with E-state index >= 15 is 0 Å². The van der Waals surface area contributed by atoms with Gasteiger partial charge in [0.15, 0.2) is 0 Å². The molecular weight excluding hydrogens is 602 g/mol. The van der Waals surface area contributed by atoms with Crippen LogP contribution in [0.4, 0.5) is 15.3 Å². The van der Waals surface area contributed by atoms with Crippen LogP contribution in [0.15, 0.2) is 115 Å². The Balaban J connectivity index is 1.14. The summed E-state index contributed by atoms with van der Waals surface area (Å²) in [5.41, 5.74) is 6.03. The monoisotopic (exact) mass is 641 g/mol. The van der Waals surface area contributed by atoms with Crippen LogP contribution in [0.25, 0.3) is 28.1 Å². The maximum absolute atomic E-state index is 12.9. The Morgan fingerprint density at radius 2 is 1.60 bits per heavy atom. The van der Waals surface area contributed by atoms with Crippen molar-refractivity contribution in [1.82, 2.24) is 9.88 Å². The molecule has 0 unspecified atom stereocenters. The molecule has 1 aromatic heterocycles. The Bertz CT molecular complexity index is 1890. The standard InChI is InChI=1S/C40H39N3O5/c44-27-31-15-21-37-33(25-31)22-24-42(37)23-8-7-9-29-14-20-36(32-12-5-2-6-13-32)38(26-29)43(40(46)47)35-18-16-34(17-19-35)41-39(45)48-28-30-10-3-1-4-11-30/h1-7,9-15,20-22,24-27,34-35H,8,16-19,23,28H2,(H,41,45)(H,46,47)/b9-7+. The van der Waals surface area contributed by atoms with Crippen molar-refractivity contribution in [3.05, 3.63) is 132 Å². The van der Waals surface area contributed by atoms with E-state index in [2.05, 4.69) is 16.0 Å². The normalized spacial score (nSPS) is 16.1. The zero-order chi connectivity index (χ0) is 33.3. The number of nitrogens with zero attached hydrogens (tertiary/aromatic N) is 2. The summed E-state index contributed by atoms with van der Waals surface area (Å²) in [6.45, 7) is 0.974. The van der Waals surface area contributed by atoms with Crippen LogP contribution in [0.5, 0.6) is 0 Å². The average Bonchev–Trinajstić information content (AvgIpc) is 3.53. The molecule has 0 bridgehead atoms. The third-order valence-electron chi connectivity index (χ3n) is 8.95. The number of hydrogen-bond acceptors (Lipinski definition) is 4. The van der Waals surface area contributed by atoms with Gasteiger partial charge in [-0.05, 0) is 79.1 Å². The molecule has 244 valence electrons. The van der Waals surface area contributed by atoms with Gasteiger partial charge in [0.1, 0.15) is 12.9 Å². The van der Waals surface area contributed by atoms with E-state index in [1.165, 1.54) is 4.90 Å². The van der Waals surface area contributed by atoms with Crippen LogP contribution in [-0.2, 0) is 17.9 Å². The first-order valence-corrected chi connectivity index (χ1v) is 16.4. The van der Waals surface area contributed by atoms with Gasteiger partial charge in [0.05, 0.1) is 5.69 Å². The van der Waals surface area contributed by atoms with Crippen LogP contribution in [0.3, 0.4) is 0 Å². The minimum Gasteiger partial charge on any atom is -0.465 e. The van der Waals surface area contributed by atoms with Crippen molar-refractivity contribution in [3.8, 4) is 11.1 Å². The highest BCUT2D eigenvalue weighted by atomic mass is 16.5. The summed E-state index contributed by atoms with van der Waals surface area (Å²) in [6, 6.07) is 32.8. The first kappa shape index (κ1) is 32.3. The number of aldehydes is 1. The number of rotatable bonds is 11. The van der Waals surface area contributed by atoms with E-state index in [0.717, 1.165) is 52.4 Å². The van der Waals surface area contributed by atoms with Crippen LogP contribution >= 0.6 is 0 Å². The second-order valence-electron chi connectivity index (χ2n) is 12.1. The molecule has 0 saturated heterocycles. The lowest BCUT2D eigenvalue weighted by atomic mass is 9.89. The number of ether oxygens (including phenoxy) is 1. The second-order valence-corrected chi connectivity index (χ2v) is 12.1. The molecule has 5 aromatic rings. The predicted molar refractivity (Wildman–Crippen MR) is 189 cm³/mol. The molecule has 4 aromatic carbocycles. The molecule has 1 heterocycles. The molecule has 2 N–H and O–H groups in total. The van der Waals surface area contributed by atoms with E-state index in [-0.39, 0.29) is 18.7 Å². The summed E-state index contributed by atoms with van der Waals surface area (Å²) in [5.74, 6) is 0. The van der Waals surface area contributed by atoms with Crippen molar-refractivity contribution in [2.45, 2.75) is 57.3 Å². The number of benzene rings is 4. The van der Waals surface area contributed by atoms with Crippen molar-refractivity contribution in [2.75, 3.05) is 4.90 Å². The molecule has 1 fully saturated rings. The van der Waals surface area contributed by atoms with Gasteiger partial charge in [-0.25, -0.2) is 9.59 Å². The Labute approximate surface area is 280 Å². The number of carbonyl (C=O) groups is 3. The largest absolute Gasteiger partial charge is 0.465 e. The molecule has 8 nitrogen and oxygen atoms in total. The summed E-state index contributed by atoms with van der Waals surface area (Å²) in [6.07, 6.45) is 8.89. The number of aromatic nitrogens is 1. The predicted octanol–water partition coefficient (Wildman–Crippen LogP) is 8.95. The SMILES string of the molecule is O=Cc1ccc2c(ccn2CC/C=C/c2ccc(-c3ccccc3)c(N(C(=O)O)C3CCC(NC(=O)OCc4ccccc4)CC3)c2)c1. The van der Waals surface area contributed by atoms with Crippen molar-refractivity contribution in [3.63, 3.8) is 0 Å².